The lowest BCUT2D eigenvalue weighted by molar-refractivity contribution is -0.870. The normalized spacial score (nSPS) is 24.6. The van der Waals surface area contributed by atoms with E-state index in [-0.39, 0.29) is 6.61 Å². The number of phosphoric acid groups is 2. The van der Waals surface area contributed by atoms with Gasteiger partial charge in [-0.05, 0) is 6.07 Å². The van der Waals surface area contributed by atoms with Gasteiger partial charge in [-0.3, -0.25) is 13.7 Å². The molecular formula is C14H22N3O9P2-. The highest BCUT2D eigenvalue weighted by Crippen LogP contribution is 2.55. The molecule has 0 aliphatic carbocycles. The van der Waals surface area contributed by atoms with E-state index in [9.17, 15) is 23.7 Å². The van der Waals surface area contributed by atoms with Crippen LogP contribution >= 0.6 is 15.6 Å². The molecule has 28 heavy (non-hydrogen) atoms. The Balaban J connectivity index is 1.81. The molecule has 1 aromatic rings. The van der Waals surface area contributed by atoms with E-state index in [0.717, 1.165) is 0 Å². The van der Waals surface area contributed by atoms with Crippen molar-refractivity contribution in [1.82, 2.24) is 9.55 Å². The lowest BCUT2D eigenvalue weighted by Gasteiger charge is -2.32. The van der Waals surface area contributed by atoms with Crippen molar-refractivity contribution in [2.75, 3.05) is 40.9 Å². The average molecular weight is 438 g/mol. The summed E-state index contributed by atoms with van der Waals surface area (Å²) >= 11 is 0. The molecule has 2 rings (SSSR count). The van der Waals surface area contributed by atoms with Crippen molar-refractivity contribution >= 4 is 15.6 Å². The SMILES string of the molecule is C[N+](C)(C)CCOP(=O)([O-])OP(=O)([O-])OCC1[CH][CH]C(n2cccnc2=O)O1. The standard InChI is InChI=1S/C14H23N3O9P2/c1-17(2,3)9-10-23-27(19,20)26-28(21,22)24-11-12-5-6-13(25-12)16-8-4-7-15-14(16)18/h4-8,12-13H,9-11H2,1-3H3,(H-,19,20,21,22)/p-1. The van der Waals surface area contributed by atoms with Gasteiger partial charge in [0, 0.05) is 25.2 Å². The summed E-state index contributed by atoms with van der Waals surface area (Å²) in [5.41, 5.74) is -0.546. The second kappa shape index (κ2) is 9.25. The third-order valence-corrected chi connectivity index (χ3v) is 5.99. The summed E-state index contributed by atoms with van der Waals surface area (Å²) in [5.74, 6) is 0. The molecule has 1 fully saturated rings. The first kappa shape index (κ1) is 23.3. The first-order chi connectivity index (χ1) is 12.9. The van der Waals surface area contributed by atoms with Crippen molar-refractivity contribution in [3.63, 3.8) is 0 Å². The van der Waals surface area contributed by atoms with E-state index in [1.807, 2.05) is 21.1 Å². The minimum atomic E-state index is -5.20. The van der Waals surface area contributed by atoms with Crippen LogP contribution in [0, 0.1) is 12.8 Å². The van der Waals surface area contributed by atoms with Gasteiger partial charge in [-0.2, -0.15) is 0 Å². The fourth-order valence-electron chi connectivity index (χ4n) is 2.06. The molecule has 0 N–H and O–H groups in total. The third kappa shape index (κ3) is 7.82. The number of nitrogens with zero attached hydrogens (tertiary/aromatic N) is 3. The highest BCUT2D eigenvalue weighted by Gasteiger charge is 2.30. The van der Waals surface area contributed by atoms with Gasteiger partial charge in [-0.25, -0.2) is 14.1 Å². The minimum Gasteiger partial charge on any atom is -0.756 e. The molecule has 0 spiro atoms. The first-order valence-electron chi connectivity index (χ1n) is 8.17. The average Bonchev–Trinajstić information content (AvgIpc) is 3.00. The summed E-state index contributed by atoms with van der Waals surface area (Å²) < 4.78 is 43.5. The zero-order valence-corrected chi connectivity index (χ0v) is 17.4. The molecule has 0 saturated carbocycles. The Labute approximate surface area is 162 Å². The lowest BCUT2D eigenvalue weighted by Crippen LogP contribution is -2.37. The van der Waals surface area contributed by atoms with Crippen LogP contribution in [0.15, 0.2) is 23.3 Å². The Morgan fingerprint density at radius 1 is 1.21 bits per heavy atom. The summed E-state index contributed by atoms with van der Waals surface area (Å²) in [4.78, 5) is 38.6. The summed E-state index contributed by atoms with van der Waals surface area (Å²) in [7, 11) is -4.87. The van der Waals surface area contributed by atoms with Gasteiger partial charge in [0.2, 0.25) is 0 Å². The molecule has 158 valence electrons. The van der Waals surface area contributed by atoms with Crippen molar-refractivity contribution in [1.29, 1.82) is 0 Å². The largest absolute Gasteiger partial charge is 0.756 e. The van der Waals surface area contributed by atoms with Crippen LogP contribution in [0.4, 0.5) is 0 Å². The van der Waals surface area contributed by atoms with Crippen molar-refractivity contribution < 1.29 is 41.5 Å². The number of ether oxygens (including phenoxy) is 1. The summed E-state index contributed by atoms with van der Waals surface area (Å²) in [5, 5.41) is 0. The molecule has 1 saturated heterocycles. The summed E-state index contributed by atoms with van der Waals surface area (Å²) in [6.07, 6.45) is 4.14. The van der Waals surface area contributed by atoms with E-state index in [2.05, 4.69) is 18.3 Å². The van der Waals surface area contributed by atoms with E-state index in [1.54, 1.807) is 0 Å². The maximum Gasteiger partial charge on any atom is 0.349 e. The maximum atomic E-state index is 11.8. The molecule has 0 amide bonds. The van der Waals surface area contributed by atoms with Gasteiger partial charge < -0.3 is 28.1 Å². The Morgan fingerprint density at radius 3 is 2.54 bits per heavy atom. The predicted molar refractivity (Wildman–Crippen MR) is 92.1 cm³/mol. The molecule has 1 aliphatic heterocycles. The second-order valence-corrected chi connectivity index (χ2v) is 9.84. The Kier molecular flexibility index (Phi) is 7.71. The first-order valence-corrected chi connectivity index (χ1v) is 11.1. The van der Waals surface area contributed by atoms with Crippen molar-refractivity contribution in [2.45, 2.75) is 12.3 Å². The summed E-state index contributed by atoms with van der Waals surface area (Å²) in [6.45, 7) is -0.475. The molecule has 1 aromatic heterocycles. The highest BCUT2D eigenvalue weighted by atomic mass is 31.3. The van der Waals surface area contributed by atoms with Crippen molar-refractivity contribution in [2.24, 2.45) is 0 Å². The quantitative estimate of drug-likeness (QED) is 0.337. The number of hydrogen-bond donors (Lipinski definition) is 0. The molecule has 4 unspecified atom stereocenters. The van der Waals surface area contributed by atoms with E-state index < -0.39 is 40.3 Å². The molecule has 14 heteroatoms. The molecule has 0 bridgehead atoms. The molecular weight excluding hydrogens is 416 g/mol. The molecule has 4 atom stereocenters. The maximum absolute atomic E-state index is 11.8. The van der Waals surface area contributed by atoms with Crippen LogP contribution in [0.1, 0.15) is 6.23 Å². The number of likely N-dealkylation sites (N-methyl/N-ethyl adjacent to an activating group) is 1. The van der Waals surface area contributed by atoms with Gasteiger partial charge in [0.25, 0.3) is 15.6 Å². The monoisotopic (exact) mass is 438 g/mol. The molecule has 0 aromatic carbocycles. The fraction of sp³-hybridized carbons (Fsp3) is 0.571. The van der Waals surface area contributed by atoms with Gasteiger partial charge in [0.05, 0.1) is 33.9 Å². The molecule has 2 heterocycles. The third-order valence-electron chi connectivity index (χ3n) is 3.43. The van der Waals surface area contributed by atoms with Crippen LogP contribution in [0.3, 0.4) is 0 Å². The van der Waals surface area contributed by atoms with Gasteiger partial charge in [0.1, 0.15) is 19.4 Å². The fourth-order valence-corrected chi connectivity index (χ4v) is 4.06. The summed E-state index contributed by atoms with van der Waals surface area (Å²) in [6, 6.07) is 1.53. The molecule has 1 aliphatic rings. The van der Waals surface area contributed by atoms with Gasteiger partial charge >= 0.3 is 5.69 Å². The Morgan fingerprint density at radius 2 is 1.89 bits per heavy atom. The van der Waals surface area contributed by atoms with Gasteiger partial charge in [-0.1, -0.05) is 0 Å². The van der Waals surface area contributed by atoms with E-state index in [4.69, 9.17) is 4.74 Å². The van der Waals surface area contributed by atoms with Gasteiger partial charge in [0.15, 0.2) is 0 Å². The van der Waals surface area contributed by atoms with Crippen LogP contribution in [0.25, 0.3) is 0 Å². The predicted octanol–water partition coefficient (Wildman–Crippen LogP) is -0.758. The van der Waals surface area contributed by atoms with E-state index in [1.165, 1.54) is 35.9 Å². The van der Waals surface area contributed by atoms with Crippen LogP contribution in [-0.2, 0) is 27.2 Å². The van der Waals surface area contributed by atoms with Crippen LogP contribution < -0.4 is 15.5 Å². The van der Waals surface area contributed by atoms with Crippen molar-refractivity contribution in [3.8, 4) is 0 Å². The number of hydrogen-bond acceptors (Lipinski definition) is 10. The zero-order valence-electron chi connectivity index (χ0n) is 15.6. The smallest absolute Gasteiger partial charge is 0.349 e. The Hall–Kier alpha value is -0.940. The highest BCUT2D eigenvalue weighted by molar-refractivity contribution is 7.59. The molecule has 12 nitrogen and oxygen atoms in total. The number of phosphoric ester groups is 2. The lowest BCUT2D eigenvalue weighted by atomic mass is 10.2. The van der Waals surface area contributed by atoms with Crippen LogP contribution in [0.5, 0.6) is 0 Å². The Bertz CT molecular complexity index is 810. The van der Waals surface area contributed by atoms with E-state index >= 15 is 0 Å². The number of aromatic nitrogens is 2. The van der Waals surface area contributed by atoms with Crippen molar-refractivity contribution in [3.05, 3.63) is 41.8 Å². The number of quaternary nitrogens is 1. The topological polar surface area (TPSA) is 152 Å². The van der Waals surface area contributed by atoms with E-state index in [0.29, 0.717) is 11.0 Å². The minimum absolute atomic E-state index is 0.250. The molecule has 2 radical (unpaired) electrons. The number of rotatable bonds is 10. The second-order valence-electron chi connectivity index (χ2n) is 6.88. The van der Waals surface area contributed by atoms with Crippen LogP contribution in [0.2, 0.25) is 0 Å². The zero-order chi connectivity index (χ0) is 21.0. The van der Waals surface area contributed by atoms with Gasteiger partial charge in [-0.15, -0.1) is 0 Å². The van der Waals surface area contributed by atoms with Crippen LogP contribution in [-0.4, -0.2) is 61.0 Å².